The quantitative estimate of drug-likeness (QED) is 0.587. The van der Waals surface area contributed by atoms with Crippen molar-refractivity contribution in [1.82, 2.24) is 0 Å². The van der Waals surface area contributed by atoms with Crippen LogP contribution in [-0.4, -0.2) is 0 Å². The van der Waals surface area contributed by atoms with Gasteiger partial charge in [0.1, 0.15) is 0 Å². The van der Waals surface area contributed by atoms with Gasteiger partial charge in [-0.3, -0.25) is 0 Å². The molecule has 84 valence electrons. The lowest BCUT2D eigenvalue weighted by Crippen LogP contribution is -2.17. The molecule has 0 bridgehead atoms. The van der Waals surface area contributed by atoms with Crippen molar-refractivity contribution in [3.8, 4) is 0 Å². The summed E-state index contributed by atoms with van der Waals surface area (Å²) in [6.07, 6.45) is 5.50. The Bertz CT molecular complexity index is 351. The summed E-state index contributed by atoms with van der Waals surface area (Å²) in [4.78, 5) is 1.96. The van der Waals surface area contributed by atoms with Crippen molar-refractivity contribution in [1.29, 1.82) is 0 Å². The fourth-order valence-electron chi connectivity index (χ4n) is 2.52. The minimum Gasteiger partial charge on any atom is -0.133 e. The molecular weight excluding hydrogens is 336 g/mol. The standard InChI is InChI=1S/C12H16Br2S/c1-8-9(7-10(13)15-8)11(14)12(2)5-3-4-6-12/h7,11H,3-6H2,1-2H3. The molecule has 3 heteroatoms. The predicted octanol–water partition coefficient (Wildman–Crippen LogP) is 5.84. The summed E-state index contributed by atoms with van der Waals surface area (Å²) in [6.45, 7) is 4.64. The van der Waals surface area contributed by atoms with Crippen LogP contribution in [0, 0.1) is 12.3 Å². The summed E-state index contributed by atoms with van der Waals surface area (Å²) in [5.74, 6) is 0. The molecule has 0 N–H and O–H groups in total. The van der Waals surface area contributed by atoms with E-state index >= 15 is 0 Å². The summed E-state index contributed by atoms with van der Waals surface area (Å²) in [5.41, 5.74) is 1.95. The van der Waals surface area contributed by atoms with E-state index in [0.29, 0.717) is 10.2 Å². The number of hydrogen-bond donors (Lipinski definition) is 0. The minimum atomic E-state index is 0.464. The predicted molar refractivity (Wildman–Crippen MR) is 75.0 cm³/mol. The maximum Gasteiger partial charge on any atom is 0.0704 e. The Morgan fingerprint density at radius 2 is 2.00 bits per heavy atom. The first-order chi connectivity index (χ1) is 7.03. The first kappa shape index (κ1) is 12.1. The van der Waals surface area contributed by atoms with Gasteiger partial charge < -0.3 is 0 Å². The molecule has 0 nitrogen and oxygen atoms in total. The third-order valence-electron chi connectivity index (χ3n) is 3.56. The molecule has 0 aromatic carbocycles. The van der Waals surface area contributed by atoms with Gasteiger partial charge in [0.15, 0.2) is 0 Å². The van der Waals surface area contributed by atoms with Gasteiger partial charge in [-0.05, 0) is 52.7 Å². The van der Waals surface area contributed by atoms with Gasteiger partial charge in [-0.25, -0.2) is 0 Å². The number of aryl methyl sites for hydroxylation is 1. The van der Waals surface area contributed by atoms with Crippen molar-refractivity contribution in [2.24, 2.45) is 5.41 Å². The molecule has 0 aliphatic heterocycles. The van der Waals surface area contributed by atoms with E-state index in [-0.39, 0.29) is 0 Å². The third kappa shape index (κ3) is 2.34. The van der Waals surface area contributed by atoms with Crippen LogP contribution in [0.3, 0.4) is 0 Å². The molecule has 0 spiro atoms. The number of alkyl halides is 1. The topological polar surface area (TPSA) is 0 Å². The molecule has 1 fully saturated rings. The van der Waals surface area contributed by atoms with Crippen LogP contribution in [0.4, 0.5) is 0 Å². The van der Waals surface area contributed by atoms with Crippen LogP contribution >= 0.6 is 43.2 Å². The van der Waals surface area contributed by atoms with E-state index in [1.54, 1.807) is 0 Å². The zero-order chi connectivity index (χ0) is 11.1. The largest absolute Gasteiger partial charge is 0.133 e. The van der Waals surface area contributed by atoms with Gasteiger partial charge in [0.05, 0.1) is 3.79 Å². The molecule has 2 rings (SSSR count). The Balaban J connectivity index is 2.27. The lowest BCUT2D eigenvalue weighted by Gasteiger charge is -2.30. The van der Waals surface area contributed by atoms with Crippen molar-refractivity contribution >= 4 is 43.2 Å². The van der Waals surface area contributed by atoms with Crippen LogP contribution in [0.25, 0.3) is 0 Å². The Labute approximate surface area is 113 Å². The van der Waals surface area contributed by atoms with Gasteiger partial charge in [-0.2, -0.15) is 0 Å². The third-order valence-corrected chi connectivity index (χ3v) is 6.72. The normalized spacial score (nSPS) is 21.9. The van der Waals surface area contributed by atoms with E-state index in [0.717, 1.165) is 0 Å². The number of thiophene rings is 1. The molecule has 1 aliphatic carbocycles. The molecule has 1 aromatic heterocycles. The number of halogens is 2. The second-order valence-corrected chi connectivity index (χ2v) is 8.34. The summed E-state index contributed by atoms with van der Waals surface area (Å²) in [7, 11) is 0. The maximum atomic E-state index is 3.92. The molecule has 1 heterocycles. The van der Waals surface area contributed by atoms with Gasteiger partial charge in [0.2, 0.25) is 0 Å². The Morgan fingerprint density at radius 1 is 1.40 bits per heavy atom. The molecule has 1 aromatic rings. The summed E-state index contributed by atoms with van der Waals surface area (Å²) in [5, 5.41) is 0. The highest BCUT2D eigenvalue weighted by Crippen LogP contribution is 2.53. The number of hydrogen-bond acceptors (Lipinski definition) is 1. The molecule has 1 saturated carbocycles. The van der Waals surface area contributed by atoms with E-state index in [1.165, 1.54) is 39.9 Å². The van der Waals surface area contributed by atoms with Crippen LogP contribution in [0.2, 0.25) is 0 Å². The first-order valence-corrected chi connectivity index (χ1v) is 7.95. The fraction of sp³-hybridized carbons (Fsp3) is 0.667. The average molecular weight is 352 g/mol. The maximum absolute atomic E-state index is 3.92. The average Bonchev–Trinajstić information content (AvgIpc) is 2.73. The second kappa shape index (κ2) is 4.50. The van der Waals surface area contributed by atoms with Crippen molar-refractivity contribution in [3.63, 3.8) is 0 Å². The Kier molecular flexibility index (Phi) is 3.64. The van der Waals surface area contributed by atoms with E-state index in [2.05, 4.69) is 51.8 Å². The van der Waals surface area contributed by atoms with Gasteiger partial charge in [0.25, 0.3) is 0 Å². The van der Waals surface area contributed by atoms with Crippen LogP contribution in [0.5, 0.6) is 0 Å². The Hall–Kier alpha value is 0.660. The minimum absolute atomic E-state index is 0.464. The lowest BCUT2D eigenvalue weighted by atomic mass is 9.82. The number of rotatable bonds is 2. The van der Waals surface area contributed by atoms with E-state index < -0.39 is 0 Å². The van der Waals surface area contributed by atoms with Crippen LogP contribution in [0.1, 0.15) is 47.9 Å². The van der Waals surface area contributed by atoms with Gasteiger partial charge in [-0.1, -0.05) is 35.7 Å². The molecule has 0 radical (unpaired) electrons. The van der Waals surface area contributed by atoms with E-state index in [4.69, 9.17) is 0 Å². The highest BCUT2D eigenvalue weighted by molar-refractivity contribution is 9.11. The van der Waals surface area contributed by atoms with Crippen LogP contribution in [0.15, 0.2) is 9.85 Å². The van der Waals surface area contributed by atoms with Crippen molar-refractivity contribution < 1.29 is 0 Å². The van der Waals surface area contributed by atoms with E-state index in [9.17, 15) is 0 Å². The zero-order valence-corrected chi connectivity index (χ0v) is 13.1. The zero-order valence-electron chi connectivity index (χ0n) is 9.15. The molecule has 0 amide bonds. The summed E-state index contributed by atoms with van der Waals surface area (Å²) >= 11 is 9.34. The smallest absolute Gasteiger partial charge is 0.0704 e. The molecule has 1 atom stereocenters. The fourth-order valence-corrected chi connectivity index (χ4v) is 5.35. The summed E-state index contributed by atoms with van der Waals surface area (Å²) in [6, 6.07) is 2.28. The van der Waals surface area contributed by atoms with Crippen LogP contribution in [-0.2, 0) is 0 Å². The van der Waals surface area contributed by atoms with Crippen molar-refractivity contribution in [3.05, 3.63) is 20.3 Å². The van der Waals surface area contributed by atoms with Crippen molar-refractivity contribution in [2.75, 3.05) is 0 Å². The SMILES string of the molecule is Cc1sc(Br)cc1C(Br)C1(C)CCCC1. The molecule has 0 saturated heterocycles. The molecule has 15 heavy (non-hydrogen) atoms. The summed E-state index contributed by atoms with van der Waals surface area (Å²) < 4.78 is 1.25. The monoisotopic (exact) mass is 350 g/mol. The molecular formula is C12H16Br2S. The molecule has 1 unspecified atom stereocenters. The molecule has 1 aliphatic rings. The van der Waals surface area contributed by atoms with Gasteiger partial charge in [-0.15, -0.1) is 11.3 Å². The van der Waals surface area contributed by atoms with Crippen LogP contribution < -0.4 is 0 Å². The highest BCUT2D eigenvalue weighted by atomic mass is 79.9. The van der Waals surface area contributed by atoms with Gasteiger partial charge >= 0.3 is 0 Å². The Morgan fingerprint density at radius 3 is 2.47 bits per heavy atom. The lowest BCUT2D eigenvalue weighted by molar-refractivity contribution is 0.331. The first-order valence-electron chi connectivity index (χ1n) is 5.43. The van der Waals surface area contributed by atoms with Gasteiger partial charge in [0, 0.05) is 9.70 Å². The highest BCUT2D eigenvalue weighted by Gasteiger charge is 2.37. The van der Waals surface area contributed by atoms with Crippen molar-refractivity contribution in [2.45, 2.75) is 44.4 Å². The second-order valence-electron chi connectivity index (χ2n) is 4.79. The van der Waals surface area contributed by atoms with E-state index in [1.807, 2.05) is 11.3 Å².